The number of rotatable bonds is 2. The topological polar surface area (TPSA) is 63.4 Å². The van der Waals surface area contributed by atoms with Gasteiger partial charge in [-0.1, -0.05) is 6.42 Å². The van der Waals surface area contributed by atoms with Crippen molar-refractivity contribution in [1.29, 1.82) is 0 Å². The maximum absolute atomic E-state index is 13.0. The minimum atomic E-state index is -3.67. The van der Waals surface area contributed by atoms with E-state index in [4.69, 9.17) is 5.73 Å². The van der Waals surface area contributed by atoms with Crippen LogP contribution in [0.15, 0.2) is 23.1 Å². The third-order valence-corrected chi connectivity index (χ3v) is 5.84. The lowest BCUT2D eigenvalue weighted by molar-refractivity contribution is 0.204. The van der Waals surface area contributed by atoms with Crippen LogP contribution in [0.4, 0.5) is 10.1 Å². The second-order valence-corrected chi connectivity index (χ2v) is 6.96. The van der Waals surface area contributed by atoms with Crippen LogP contribution in [0, 0.1) is 5.82 Å². The van der Waals surface area contributed by atoms with Crippen molar-refractivity contribution in [2.24, 2.45) is 0 Å². The number of halogens is 1. The zero-order valence-electron chi connectivity index (χ0n) is 11.1. The summed E-state index contributed by atoms with van der Waals surface area (Å²) in [4.78, 5) is -0.00509. The summed E-state index contributed by atoms with van der Waals surface area (Å²) in [5.74, 6) is -0.531. The fourth-order valence-corrected chi connectivity index (χ4v) is 4.72. The highest BCUT2D eigenvalue weighted by Crippen LogP contribution is 2.31. The molecule has 1 fully saturated rings. The van der Waals surface area contributed by atoms with Crippen LogP contribution >= 0.6 is 0 Å². The number of benzene rings is 1. The van der Waals surface area contributed by atoms with Crippen molar-refractivity contribution >= 4 is 15.7 Å². The number of piperidine rings is 1. The average molecular weight is 286 g/mol. The maximum atomic E-state index is 13.0. The molecule has 2 atom stereocenters. The van der Waals surface area contributed by atoms with E-state index < -0.39 is 15.8 Å². The standard InChI is InChI=1S/C13H19FN2O2S/c1-9-4-3-5-10(2)16(9)19(17,18)13-7-6-11(14)8-12(13)15/h6-10H,3-5,15H2,1-2H3/t9-,10+. The van der Waals surface area contributed by atoms with Crippen LogP contribution in [-0.4, -0.2) is 24.8 Å². The van der Waals surface area contributed by atoms with E-state index in [0.29, 0.717) is 0 Å². The fourth-order valence-electron chi connectivity index (χ4n) is 2.74. The predicted octanol–water partition coefficient (Wildman–Crippen LogP) is 2.36. The highest BCUT2D eigenvalue weighted by molar-refractivity contribution is 7.89. The van der Waals surface area contributed by atoms with Gasteiger partial charge < -0.3 is 5.73 Å². The lowest BCUT2D eigenvalue weighted by Crippen LogP contribution is -2.47. The highest BCUT2D eigenvalue weighted by atomic mass is 32.2. The molecule has 1 aromatic carbocycles. The first kappa shape index (κ1) is 14.3. The zero-order valence-corrected chi connectivity index (χ0v) is 12.0. The molecule has 1 aliphatic heterocycles. The second-order valence-electron chi connectivity index (χ2n) is 5.15. The molecule has 0 spiro atoms. The number of nitrogen functional groups attached to an aromatic ring is 1. The van der Waals surface area contributed by atoms with Gasteiger partial charge in [0.1, 0.15) is 10.7 Å². The molecule has 0 saturated carbocycles. The number of nitrogens with two attached hydrogens (primary N) is 1. The van der Waals surface area contributed by atoms with Gasteiger partial charge in [-0.2, -0.15) is 4.31 Å². The summed E-state index contributed by atoms with van der Waals surface area (Å²) < 4.78 is 39.9. The van der Waals surface area contributed by atoms with Crippen LogP contribution in [-0.2, 0) is 10.0 Å². The molecular formula is C13H19FN2O2S. The van der Waals surface area contributed by atoms with Crippen LogP contribution in [0.5, 0.6) is 0 Å². The van der Waals surface area contributed by atoms with Crippen molar-refractivity contribution in [3.8, 4) is 0 Å². The van der Waals surface area contributed by atoms with Gasteiger partial charge in [-0.25, -0.2) is 12.8 Å². The van der Waals surface area contributed by atoms with Crippen molar-refractivity contribution < 1.29 is 12.8 Å². The summed E-state index contributed by atoms with van der Waals surface area (Å²) in [5.41, 5.74) is 5.62. The Balaban J connectivity index is 2.46. The van der Waals surface area contributed by atoms with Crippen LogP contribution in [0.25, 0.3) is 0 Å². The molecule has 0 aliphatic carbocycles. The van der Waals surface area contributed by atoms with E-state index in [-0.39, 0.29) is 22.7 Å². The first-order chi connectivity index (χ1) is 8.84. The molecular weight excluding hydrogens is 267 g/mol. The molecule has 1 heterocycles. The SMILES string of the molecule is C[C@@H]1CCC[C@H](C)N1S(=O)(=O)c1ccc(F)cc1N. The first-order valence-corrected chi connectivity index (χ1v) is 7.86. The Morgan fingerprint density at radius 1 is 1.26 bits per heavy atom. The van der Waals surface area contributed by atoms with E-state index in [2.05, 4.69) is 0 Å². The van der Waals surface area contributed by atoms with Gasteiger partial charge in [-0.15, -0.1) is 0 Å². The third-order valence-electron chi connectivity index (χ3n) is 3.64. The smallest absolute Gasteiger partial charge is 0.245 e. The summed E-state index contributed by atoms with van der Waals surface area (Å²) in [7, 11) is -3.67. The molecule has 19 heavy (non-hydrogen) atoms. The molecule has 6 heteroatoms. The van der Waals surface area contributed by atoms with Gasteiger partial charge in [-0.05, 0) is 44.9 Å². The Hall–Kier alpha value is -1.14. The summed E-state index contributed by atoms with van der Waals surface area (Å²) in [6.07, 6.45) is 2.70. The minimum absolute atomic E-state index is 0.00509. The van der Waals surface area contributed by atoms with Gasteiger partial charge in [-0.3, -0.25) is 0 Å². The summed E-state index contributed by atoms with van der Waals surface area (Å²) in [6.45, 7) is 3.79. The summed E-state index contributed by atoms with van der Waals surface area (Å²) in [6, 6.07) is 3.30. The van der Waals surface area contributed by atoms with E-state index in [0.717, 1.165) is 31.4 Å². The lowest BCUT2D eigenvalue weighted by Gasteiger charge is -2.37. The monoisotopic (exact) mass is 286 g/mol. The molecule has 1 aliphatic rings. The molecule has 0 amide bonds. The van der Waals surface area contributed by atoms with Crippen molar-refractivity contribution in [2.45, 2.75) is 50.1 Å². The second kappa shape index (κ2) is 5.09. The Labute approximate surface area is 113 Å². The van der Waals surface area contributed by atoms with Gasteiger partial charge in [0.25, 0.3) is 0 Å². The number of hydrogen-bond donors (Lipinski definition) is 1. The predicted molar refractivity (Wildman–Crippen MR) is 72.6 cm³/mol. The van der Waals surface area contributed by atoms with Crippen LogP contribution in [0.1, 0.15) is 33.1 Å². The van der Waals surface area contributed by atoms with Crippen molar-refractivity contribution in [3.05, 3.63) is 24.0 Å². The lowest BCUT2D eigenvalue weighted by atomic mass is 10.0. The molecule has 1 aromatic rings. The van der Waals surface area contributed by atoms with E-state index in [1.54, 1.807) is 0 Å². The van der Waals surface area contributed by atoms with Gasteiger partial charge in [0.05, 0.1) is 5.69 Å². The number of nitrogens with zero attached hydrogens (tertiary/aromatic N) is 1. The van der Waals surface area contributed by atoms with E-state index in [9.17, 15) is 12.8 Å². The van der Waals surface area contributed by atoms with Gasteiger partial charge in [0.15, 0.2) is 0 Å². The Bertz CT molecular complexity index is 564. The third kappa shape index (κ3) is 2.60. The number of anilines is 1. The zero-order chi connectivity index (χ0) is 14.2. The van der Waals surface area contributed by atoms with Crippen LogP contribution in [0.3, 0.4) is 0 Å². The minimum Gasteiger partial charge on any atom is -0.398 e. The van der Waals surface area contributed by atoms with E-state index >= 15 is 0 Å². The van der Waals surface area contributed by atoms with Crippen LogP contribution in [0.2, 0.25) is 0 Å². The maximum Gasteiger partial charge on any atom is 0.245 e. The first-order valence-electron chi connectivity index (χ1n) is 6.42. The number of sulfonamides is 1. The van der Waals surface area contributed by atoms with Gasteiger partial charge >= 0.3 is 0 Å². The Morgan fingerprint density at radius 2 is 1.84 bits per heavy atom. The molecule has 106 valence electrons. The average Bonchev–Trinajstić information content (AvgIpc) is 2.27. The Morgan fingerprint density at radius 3 is 2.37 bits per heavy atom. The highest BCUT2D eigenvalue weighted by Gasteiger charge is 2.36. The molecule has 2 N–H and O–H groups in total. The molecule has 1 saturated heterocycles. The summed E-state index contributed by atoms with van der Waals surface area (Å²) >= 11 is 0. The molecule has 4 nitrogen and oxygen atoms in total. The van der Waals surface area contributed by atoms with Gasteiger partial charge in [0.2, 0.25) is 10.0 Å². The molecule has 0 unspecified atom stereocenters. The fraction of sp³-hybridized carbons (Fsp3) is 0.538. The summed E-state index contributed by atoms with van der Waals surface area (Å²) in [5, 5.41) is 0. The van der Waals surface area contributed by atoms with E-state index in [1.807, 2.05) is 13.8 Å². The van der Waals surface area contributed by atoms with Crippen molar-refractivity contribution in [1.82, 2.24) is 4.31 Å². The quantitative estimate of drug-likeness (QED) is 0.849. The Kier molecular flexibility index (Phi) is 3.82. The molecule has 0 bridgehead atoms. The number of hydrogen-bond acceptors (Lipinski definition) is 3. The molecule has 0 aromatic heterocycles. The van der Waals surface area contributed by atoms with Crippen LogP contribution < -0.4 is 5.73 Å². The normalized spacial score (nSPS) is 25.4. The molecule has 0 radical (unpaired) electrons. The van der Waals surface area contributed by atoms with E-state index in [1.165, 1.54) is 10.4 Å². The van der Waals surface area contributed by atoms with Gasteiger partial charge in [0, 0.05) is 12.1 Å². The van der Waals surface area contributed by atoms with Crippen molar-refractivity contribution in [3.63, 3.8) is 0 Å². The largest absolute Gasteiger partial charge is 0.398 e. The molecule has 2 rings (SSSR count). The van der Waals surface area contributed by atoms with Crippen molar-refractivity contribution in [2.75, 3.05) is 5.73 Å².